The van der Waals surface area contributed by atoms with E-state index in [1.165, 1.54) is 11.1 Å². The number of aryl methyl sites for hydroxylation is 1. The Hall–Kier alpha value is -2.24. The number of rotatable bonds is 4. The standard InChI is InChI=1S/C18H16ClNO/c1-4-10-21-18-9-8-15(11-16(18)19)12-20-17-7-5-6-13(2)14(17)3/h1,5-9,11-12H,10H2,2-3H3. The summed E-state index contributed by atoms with van der Waals surface area (Å²) in [6.07, 6.45) is 6.95. The van der Waals surface area contributed by atoms with Crippen LogP contribution in [0.4, 0.5) is 5.69 Å². The molecule has 0 unspecified atom stereocenters. The van der Waals surface area contributed by atoms with E-state index in [0.29, 0.717) is 10.8 Å². The summed E-state index contributed by atoms with van der Waals surface area (Å²) in [7, 11) is 0. The minimum absolute atomic E-state index is 0.204. The third kappa shape index (κ3) is 3.87. The fourth-order valence-corrected chi connectivity index (χ4v) is 2.10. The molecule has 0 spiro atoms. The van der Waals surface area contributed by atoms with Crippen LogP contribution in [0.3, 0.4) is 0 Å². The zero-order valence-corrected chi connectivity index (χ0v) is 12.8. The molecule has 0 bridgehead atoms. The first-order valence-electron chi connectivity index (χ1n) is 6.58. The Morgan fingerprint density at radius 2 is 2.10 bits per heavy atom. The number of aliphatic imine (C=N–C) groups is 1. The van der Waals surface area contributed by atoms with Crippen LogP contribution >= 0.6 is 11.6 Å². The van der Waals surface area contributed by atoms with Crippen molar-refractivity contribution in [3.8, 4) is 18.1 Å². The molecule has 0 amide bonds. The SMILES string of the molecule is C#CCOc1ccc(C=Nc2cccc(C)c2C)cc1Cl. The first-order chi connectivity index (χ1) is 10.1. The van der Waals surface area contributed by atoms with E-state index in [1.54, 1.807) is 12.3 Å². The molecule has 0 fully saturated rings. The topological polar surface area (TPSA) is 21.6 Å². The van der Waals surface area contributed by atoms with E-state index in [-0.39, 0.29) is 6.61 Å². The van der Waals surface area contributed by atoms with E-state index < -0.39 is 0 Å². The Balaban J connectivity index is 2.20. The van der Waals surface area contributed by atoms with Crippen molar-refractivity contribution in [2.75, 3.05) is 6.61 Å². The highest BCUT2D eigenvalue weighted by atomic mass is 35.5. The third-order valence-electron chi connectivity index (χ3n) is 3.20. The molecule has 2 nitrogen and oxygen atoms in total. The minimum atomic E-state index is 0.204. The van der Waals surface area contributed by atoms with Crippen LogP contribution in [0.25, 0.3) is 0 Å². The van der Waals surface area contributed by atoms with Crippen LogP contribution in [0.1, 0.15) is 16.7 Å². The predicted molar refractivity (Wildman–Crippen MR) is 89.0 cm³/mol. The average Bonchev–Trinajstić information content (AvgIpc) is 2.48. The van der Waals surface area contributed by atoms with Gasteiger partial charge in [0.05, 0.1) is 10.7 Å². The molecule has 0 radical (unpaired) electrons. The number of benzene rings is 2. The summed E-state index contributed by atoms with van der Waals surface area (Å²) in [5, 5.41) is 0.523. The van der Waals surface area contributed by atoms with Crippen LogP contribution in [0.15, 0.2) is 41.4 Å². The fourth-order valence-electron chi connectivity index (χ4n) is 1.85. The summed E-state index contributed by atoms with van der Waals surface area (Å²) >= 11 is 6.15. The van der Waals surface area contributed by atoms with Crippen molar-refractivity contribution in [2.45, 2.75) is 13.8 Å². The van der Waals surface area contributed by atoms with Crippen molar-refractivity contribution in [1.29, 1.82) is 0 Å². The van der Waals surface area contributed by atoms with E-state index in [2.05, 4.69) is 30.8 Å². The first kappa shape index (κ1) is 15.2. The van der Waals surface area contributed by atoms with Crippen molar-refractivity contribution in [3.63, 3.8) is 0 Å². The second kappa shape index (κ2) is 6.97. The summed E-state index contributed by atoms with van der Waals surface area (Å²) in [5.41, 5.74) is 4.27. The smallest absolute Gasteiger partial charge is 0.148 e. The van der Waals surface area contributed by atoms with Gasteiger partial charge in [0.1, 0.15) is 12.4 Å². The molecule has 0 aliphatic rings. The molecule has 106 valence electrons. The van der Waals surface area contributed by atoms with Gasteiger partial charge in [0.25, 0.3) is 0 Å². The van der Waals surface area contributed by atoms with Gasteiger partial charge >= 0.3 is 0 Å². The maximum absolute atomic E-state index is 6.15. The average molecular weight is 298 g/mol. The maximum atomic E-state index is 6.15. The molecule has 2 aromatic rings. The Bertz CT molecular complexity index is 714. The molecule has 0 saturated heterocycles. The van der Waals surface area contributed by atoms with Gasteiger partial charge in [-0.25, -0.2) is 0 Å². The van der Waals surface area contributed by atoms with E-state index in [4.69, 9.17) is 22.8 Å². The quantitative estimate of drug-likeness (QED) is 0.591. The maximum Gasteiger partial charge on any atom is 0.148 e. The van der Waals surface area contributed by atoms with Gasteiger partial charge in [0.15, 0.2) is 0 Å². The zero-order chi connectivity index (χ0) is 15.2. The zero-order valence-electron chi connectivity index (χ0n) is 12.1. The Morgan fingerprint density at radius 1 is 1.29 bits per heavy atom. The molecule has 21 heavy (non-hydrogen) atoms. The Morgan fingerprint density at radius 3 is 2.81 bits per heavy atom. The lowest BCUT2D eigenvalue weighted by atomic mass is 10.1. The van der Waals surface area contributed by atoms with Crippen molar-refractivity contribution in [3.05, 3.63) is 58.1 Å². The molecular weight excluding hydrogens is 282 g/mol. The summed E-state index contributed by atoms with van der Waals surface area (Å²) in [6.45, 7) is 4.34. The van der Waals surface area contributed by atoms with E-state index in [1.807, 2.05) is 24.3 Å². The minimum Gasteiger partial charge on any atom is -0.479 e. The van der Waals surface area contributed by atoms with Gasteiger partial charge in [-0.1, -0.05) is 29.7 Å². The van der Waals surface area contributed by atoms with Crippen LogP contribution < -0.4 is 4.74 Å². The van der Waals surface area contributed by atoms with Gasteiger partial charge in [-0.15, -0.1) is 6.42 Å². The summed E-state index contributed by atoms with van der Waals surface area (Å²) in [6, 6.07) is 11.6. The highest BCUT2D eigenvalue weighted by Crippen LogP contribution is 2.26. The lowest BCUT2D eigenvalue weighted by molar-refractivity contribution is 0.370. The summed E-state index contributed by atoms with van der Waals surface area (Å²) < 4.78 is 5.33. The van der Waals surface area contributed by atoms with Gasteiger partial charge in [-0.2, -0.15) is 0 Å². The van der Waals surface area contributed by atoms with E-state index >= 15 is 0 Å². The molecule has 3 heteroatoms. The van der Waals surface area contributed by atoms with Gasteiger partial charge < -0.3 is 4.74 Å². The predicted octanol–water partition coefficient (Wildman–Crippen LogP) is 4.72. The van der Waals surface area contributed by atoms with E-state index in [9.17, 15) is 0 Å². The van der Waals surface area contributed by atoms with Gasteiger partial charge in [0, 0.05) is 6.21 Å². The van der Waals surface area contributed by atoms with Gasteiger partial charge in [-0.3, -0.25) is 4.99 Å². The van der Waals surface area contributed by atoms with Crippen molar-refractivity contribution in [2.24, 2.45) is 4.99 Å². The number of hydrogen-bond acceptors (Lipinski definition) is 2. The molecule has 0 heterocycles. The second-order valence-corrected chi connectivity index (χ2v) is 5.07. The third-order valence-corrected chi connectivity index (χ3v) is 3.49. The molecule has 0 saturated carbocycles. The number of terminal acetylenes is 1. The largest absolute Gasteiger partial charge is 0.479 e. The second-order valence-electron chi connectivity index (χ2n) is 4.66. The number of ether oxygens (including phenoxy) is 1. The van der Waals surface area contributed by atoms with E-state index in [0.717, 1.165) is 11.3 Å². The monoisotopic (exact) mass is 297 g/mol. The van der Waals surface area contributed by atoms with Crippen LogP contribution in [0.5, 0.6) is 5.75 Å². The fraction of sp³-hybridized carbons (Fsp3) is 0.167. The summed E-state index contributed by atoms with van der Waals surface area (Å²) in [4.78, 5) is 4.51. The highest BCUT2D eigenvalue weighted by Gasteiger charge is 2.02. The molecule has 2 aromatic carbocycles. The number of halogens is 1. The van der Waals surface area contributed by atoms with Crippen molar-refractivity contribution < 1.29 is 4.74 Å². The summed E-state index contributed by atoms with van der Waals surface area (Å²) in [5.74, 6) is 2.99. The molecule has 0 atom stereocenters. The Labute approximate surface area is 130 Å². The molecule has 0 aliphatic carbocycles. The lowest BCUT2D eigenvalue weighted by Gasteiger charge is -2.06. The van der Waals surface area contributed by atoms with Crippen LogP contribution in [-0.4, -0.2) is 12.8 Å². The van der Waals surface area contributed by atoms with Gasteiger partial charge in [0.2, 0.25) is 0 Å². The first-order valence-corrected chi connectivity index (χ1v) is 6.95. The Kier molecular flexibility index (Phi) is 5.03. The van der Waals surface area contributed by atoms with Crippen LogP contribution in [-0.2, 0) is 0 Å². The highest BCUT2D eigenvalue weighted by molar-refractivity contribution is 6.32. The molecular formula is C18H16ClNO. The lowest BCUT2D eigenvalue weighted by Crippen LogP contribution is -1.94. The van der Waals surface area contributed by atoms with Crippen molar-refractivity contribution in [1.82, 2.24) is 0 Å². The molecule has 0 N–H and O–H groups in total. The van der Waals surface area contributed by atoms with Crippen molar-refractivity contribution >= 4 is 23.5 Å². The molecule has 0 aromatic heterocycles. The van der Waals surface area contributed by atoms with Gasteiger partial charge in [-0.05, 0) is 54.8 Å². The number of nitrogens with zero attached hydrogens (tertiary/aromatic N) is 1. The number of hydrogen-bond donors (Lipinski definition) is 0. The van der Waals surface area contributed by atoms with Crippen LogP contribution in [0, 0.1) is 26.2 Å². The van der Waals surface area contributed by atoms with Crippen LogP contribution in [0.2, 0.25) is 5.02 Å². The normalized spacial score (nSPS) is 10.6. The molecule has 2 rings (SSSR count). The molecule has 0 aliphatic heterocycles.